The van der Waals surface area contributed by atoms with Crippen molar-refractivity contribution in [1.29, 1.82) is 0 Å². The molecule has 0 saturated carbocycles. The highest BCUT2D eigenvalue weighted by Crippen LogP contribution is 2.37. The van der Waals surface area contributed by atoms with Crippen LogP contribution >= 0.6 is 11.8 Å². The summed E-state index contributed by atoms with van der Waals surface area (Å²) in [5.74, 6) is 0.799. The van der Waals surface area contributed by atoms with E-state index >= 15 is 0 Å². The molecular formula is C19H20FN3O2S. The average Bonchev–Trinajstić information content (AvgIpc) is 2.63. The fourth-order valence-corrected chi connectivity index (χ4v) is 3.82. The molecule has 1 unspecified atom stereocenters. The molecule has 1 amide bonds. The fraction of sp³-hybridized carbons (Fsp3) is 0.263. The molecule has 1 aliphatic heterocycles. The number of amidine groups is 1. The van der Waals surface area contributed by atoms with Gasteiger partial charge in [-0.2, -0.15) is 0 Å². The van der Waals surface area contributed by atoms with Gasteiger partial charge in [0.15, 0.2) is 5.17 Å². The van der Waals surface area contributed by atoms with Crippen molar-refractivity contribution in [1.82, 2.24) is 0 Å². The minimum absolute atomic E-state index is 0.280. The van der Waals surface area contributed by atoms with Gasteiger partial charge in [-0.1, -0.05) is 11.8 Å². The van der Waals surface area contributed by atoms with E-state index in [2.05, 4.69) is 10.3 Å². The number of methoxy groups -OCH3 is 1. The lowest BCUT2D eigenvalue weighted by atomic mass is 9.89. The minimum atomic E-state index is -0.736. The molecule has 0 bridgehead atoms. The standard InChI is InChI=1S/C19H20FN3O2S/c1-19(9-10-26-18(21)23-19)15-11-13(5-8-16(15)20)22-17(24)12-3-6-14(25-2)7-4-12/h3-8,11H,9-10H2,1-2H3,(H2,21,23)(H,22,24). The van der Waals surface area contributed by atoms with E-state index in [0.717, 1.165) is 5.75 Å². The molecule has 3 N–H and O–H groups in total. The Morgan fingerprint density at radius 3 is 2.69 bits per heavy atom. The number of halogens is 1. The number of nitrogens with one attached hydrogen (secondary N) is 1. The number of nitrogens with zero attached hydrogens (tertiary/aromatic N) is 1. The smallest absolute Gasteiger partial charge is 0.255 e. The lowest BCUT2D eigenvalue weighted by Crippen LogP contribution is -2.29. The number of thioether (sulfide) groups is 1. The summed E-state index contributed by atoms with van der Waals surface area (Å²) in [6.07, 6.45) is 0.672. The van der Waals surface area contributed by atoms with Crippen molar-refractivity contribution in [2.45, 2.75) is 18.9 Å². The third-order valence-corrected chi connectivity index (χ3v) is 5.15. The summed E-state index contributed by atoms with van der Waals surface area (Å²) in [7, 11) is 1.56. The third kappa shape index (κ3) is 3.83. The number of benzene rings is 2. The third-order valence-electron chi connectivity index (χ3n) is 4.35. The van der Waals surface area contributed by atoms with Gasteiger partial charge in [0.05, 0.1) is 12.6 Å². The van der Waals surface area contributed by atoms with Crippen LogP contribution in [0, 0.1) is 5.82 Å². The number of hydrogen-bond acceptors (Lipinski definition) is 5. The Labute approximate surface area is 155 Å². The minimum Gasteiger partial charge on any atom is -0.497 e. The second-order valence-electron chi connectivity index (χ2n) is 6.20. The zero-order valence-electron chi connectivity index (χ0n) is 14.6. The summed E-state index contributed by atoms with van der Waals surface area (Å²) in [6, 6.07) is 11.3. The Morgan fingerprint density at radius 2 is 2.04 bits per heavy atom. The van der Waals surface area contributed by atoms with Crippen molar-refractivity contribution < 1.29 is 13.9 Å². The van der Waals surface area contributed by atoms with Gasteiger partial charge in [0.2, 0.25) is 0 Å². The van der Waals surface area contributed by atoms with Crippen LogP contribution in [-0.2, 0) is 5.54 Å². The van der Waals surface area contributed by atoms with Crippen LogP contribution in [0.15, 0.2) is 47.5 Å². The molecule has 2 aromatic carbocycles. The maximum absolute atomic E-state index is 14.4. The van der Waals surface area contributed by atoms with Crippen molar-refractivity contribution >= 4 is 28.5 Å². The second-order valence-corrected chi connectivity index (χ2v) is 7.31. The van der Waals surface area contributed by atoms with Crippen molar-refractivity contribution in [2.24, 2.45) is 10.7 Å². The molecular weight excluding hydrogens is 353 g/mol. The van der Waals surface area contributed by atoms with Gasteiger partial charge < -0.3 is 15.8 Å². The van der Waals surface area contributed by atoms with Gasteiger partial charge in [-0.05, 0) is 55.8 Å². The van der Waals surface area contributed by atoms with E-state index in [1.807, 2.05) is 6.92 Å². The van der Waals surface area contributed by atoms with Gasteiger partial charge in [-0.3, -0.25) is 9.79 Å². The number of anilines is 1. The van der Waals surface area contributed by atoms with Crippen LogP contribution in [0.4, 0.5) is 10.1 Å². The normalized spacial score (nSPS) is 19.6. The van der Waals surface area contributed by atoms with Crippen molar-refractivity contribution in [3.05, 3.63) is 59.4 Å². The topological polar surface area (TPSA) is 76.7 Å². The molecule has 136 valence electrons. The number of hydrogen-bond donors (Lipinski definition) is 2. The quantitative estimate of drug-likeness (QED) is 0.856. The van der Waals surface area contributed by atoms with Crippen LogP contribution in [0.3, 0.4) is 0 Å². The number of carbonyl (C=O) groups is 1. The van der Waals surface area contributed by atoms with Crippen LogP contribution in [0.1, 0.15) is 29.3 Å². The summed E-state index contributed by atoms with van der Waals surface area (Å²) in [5, 5.41) is 3.25. The monoisotopic (exact) mass is 373 g/mol. The molecule has 0 fully saturated rings. The van der Waals surface area contributed by atoms with Gasteiger partial charge in [0.1, 0.15) is 11.6 Å². The van der Waals surface area contributed by atoms with Gasteiger partial charge >= 0.3 is 0 Å². The lowest BCUT2D eigenvalue weighted by molar-refractivity contribution is 0.102. The van der Waals surface area contributed by atoms with Crippen LogP contribution < -0.4 is 15.8 Å². The number of carbonyl (C=O) groups excluding carboxylic acids is 1. The molecule has 26 heavy (non-hydrogen) atoms. The van der Waals surface area contributed by atoms with E-state index in [1.165, 1.54) is 23.9 Å². The molecule has 2 aromatic rings. The zero-order valence-corrected chi connectivity index (χ0v) is 15.4. The Kier molecular flexibility index (Phi) is 5.18. The largest absolute Gasteiger partial charge is 0.497 e. The Bertz CT molecular complexity index is 854. The fourth-order valence-electron chi connectivity index (χ4n) is 2.84. The van der Waals surface area contributed by atoms with E-state index in [0.29, 0.717) is 34.2 Å². The van der Waals surface area contributed by atoms with Crippen LogP contribution in [0.5, 0.6) is 5.75 Å². The first-order valence-electron chi connectivity index (χ1n) is 8.15. The SMILES string of the molecule is COc1ccc(C(=O)Nc2ccc(F)c(C3(C)CCSC(N)=N3)c2)cc1. The molecule has 3 rings (SSSR count). The van der Waals surface area contributed by atoms with Crippen molar-refractivity contribution in [3.63, 3.8) is 0 Å². The van der Waals surface area contributed by atoms with Gasteiger partial charge in [0.25, 0.3) is 5.91 Å². The molecule has 7 heteroatoms. The molecule has 1 atom stereocenters. The number of rotatable bonds is 4. The number of ether oxygens (including phenoxy) is 1. The van der Waals surface area contributed by atoms with Gasteiger partial charge in [0, 0.05) is 22.6 Å². The zero-order chi connectivity index (χ0) is 18.7. The summed E-state index contributed by atoms with van der Waals surface area (Å²) in [5.41, 5.74) is 6.51. The summed E-state index contributed by atoms with van der Waals surface area (Å²) < 4.78 is 19.5. The number of nitrogens with two attached hydrogens (primary N) is 1. The Morgan fingerprint density at radius 1 is 1.31 bits per heavy atom. The molecule has 1 aliphatic rings. The van der Waals surface area contributed by atoms with Crippen LogP contribution in [-0.4, -0.2) is 23.9 Å². The first-order chi connectivity index (χ1) is 12.4. The van der Waals surface area contributed by atoms with Crippen molar-refractivity contribution in [2.75, 3.05) is 18.2 Å². The summed E-state index contributed by atoms with van der Waals surface area (Å²) in [6.45, 7) is 1.85. The number of aliphatic imine (C=N–C) groups is 1. The number of amides is 1. The Hall–Kier alpha value is -2.54. The first kappa shape index (κ1) is 18.3. The highest BCUT2D eigenvalue weighted by Gasteiger charge is 2.32. The second kappa shape index (κ2) is 7.37. The molecule has 1 heterocycles. The predicted molar refractivity (Wildman–Crippen MR) is 103 cm³/mol. The maximum atomic E-state index is 14.4. The Balaban J connectivity index is 1.85. The summed E-state index contributed by atoms with van der Waals surface area (Å²) >= 11 is 1.46. The van der Waals surface area contributed by atoms with E-state index in [1.54, 1.807) is 37.4 Å². The van der Waals surface area contributed by atoms with Crippen LogP contribution in [0.25, 0.3) is 0 Å². The molecule has 0 aromatic heterocycles. The highest BCUT2D eigenvalue weighted by atomic mass is 32.2. The molecule has 0 saturated heterocycles. The summed E-state index contributed by atoms with van der Waals surface area (Å²) in [4.78, 5) is 16.9. The van der Waals surface area contributed by atoms with Gasteiger partial charge in [-0.15, -0.1) is 0 Å². The highest BCUT2D eigenvalue weighted by molar-refractivity contribution is 8.13. The van der Waals surface area contributed by atoms with Gasteiger partial charge in [-0.25, -0.2) is 4.39 Å². The molecule has 0 spiro atoms. The van der Waals surface area contributed by atoms with Crippen molar-refractivity contribution in [3.8, 4) is 5.75 Å². The predicted octanol–water partition coefficient (Wildman–Crippen LogP) is 3.75. The van der Waals surface area contributed by atoms with E-state index in [9.17, 15) is 9.18 Å². The molecule has 5 nitrogen and oxygen atoms in total. The first-order valence-corrected chi connectivity index (χ1v) is 9.13. The molecule has 0 radical (unpaired) electrons. The van der Waals surface area contributed by atoms with Crippen LogP contribution in [0.2, 0.25) is 0 Å². The van der Waals surface area contributed by atoms with E-state index < -0.39 is 5.54 Å². The average molecular weight is 373 g/mol. The molecule has 0 aliphatic carbocycles. The maximum Gasteiger partial charge on any atom is 0.255 e. The lowest BCUT2D eigenvalue weighted by Gasteiger charge is -2.30. The van der Waals surface area contributed by atoms with E-state index in [4.69, 9.17) is 10.5 Å². The van der Waals surface area contributed by atoms with E-state index in [-0.39, 0.29) is 11.7 Å².